The molecule has 0 amide bonds. The molecule has 0 aliphatic carbocycles. The average Bonchev–Trinajstić information content (AvgIpc) is 2.50. The van der Waals surface area contributed by atoms with Crippen molar-refractivity contribution in [3.63, 3.8) is 0 Å². The molecule has 2 nitrogen and oxygen atoms in total. The van der Waals surface area contributed by atoms with Crippen LogP contribution in [0.25, 0.3) is 0 Å². The van der Waals surface area contributed by atoms with E-state index in [1.165, 1.54) is 10.4 Å². The summed E-state index contributed by atoms with van der Waals surface area (Å²) in [6, 6.07) is 2.75. The molecule has 1 aromatic heterocycles. The highest BCUT2D eigenvalue weighted by Crippen LogP contribution is 2.20. The van der Waals surface area contributed by atoms with Gasteiger partial charge in [0.2, 0.25) is 0 Å². The SMILES string of the molecule is CCNC(CN(C)C)c1csc(C)c1. The smallest absolute Gasteiger partial charge is 0.0457 e. The molecule has 14 heavy (non-hydrogen) atoms. The van der Waals surface area contributed by atoms with E-state index in [-0.39, 0.29) is 0 Å². The molecule has 0 aromatic carbocycles. The average molecular weight is 212 g/mol. The van der Waals surface area contributed by atoms with Gasteiger partial charge in [0, 0.05) is 17.5 Å². The molecule has 0 aliphatic heterocycles. The van der Waals surface area contributed by atoms with Gasteiger partial charge in [-0.15, -0.1) is 11.3 Å². The van der Waals surface area contributed by atoms with Crippen LogP contribution < -0.4 is 5.32 Å². The zero-order valence-electron chi connectivity index (χ0n) is 9.50. The third-order valence-electron chi connectivity index (χ3n) is 2.15. The Labute approximate surface area is 90.9 Å². The fourth-order valence-electron chi connectivity index (χ4n) is 1.55. The molecule has 0 saturated carbocycles. The van der Waals surface area contributed by atoms with Crippen LogP contribution in [-0.4, -0.2) is 32.1 Å². The molecule has 1 heterocycles. The Bertz CT molecular complexity index is 268. The van der Waals surface area contributed by atoms with Gasteiger partial charge in [-0.25, -0.2) is 0 Å². The quantitative estimate of drug-likeness (QED) is 0.805. The van der Waals surface area contributed by atoms with Crippen LogP contribution >= 0.6 is 11.3 Å². The van der Waals surface area contributed by atoms with Crippen LogP contribution in [0.1, 0.15) is 23.4 Å². The topological polar surface area (TPSA) is 15.3 Å². The van der Waals surface area contributed by atoms with Gasteiger partial charge >= 0.3 is 0 Å². The van der Waals surface area contributed by atoms with E-state index >= 15 is 0 Å². The van der Waals surface area contributed by atoms with Gasteiger partial charge in [-0.05, 0) is 44.6 Å². The van der Waals surface area contributed by atoms with Crippen molar-refractivity contribution >= 4 is 11.3 Å². The normalized spacial score (nSPS) is 13.5. The number of aryl methyl sites for hydroxylation is 1. The molecule has 1 rings (SSSR count). The lowest BCUT2D eigenvalue weighted by Crippen LogP contribution is -2.30. The summed E-state index contributed by atoms with van der Waals surface area (Å²) in [4.78, 5) is 3.61. The van der Waals surface area contributed by atoms with E-state index < -0.39 is 0 Å². The molecule has 0 aliphatic rings. The second kappa shape index (κ2) is 5.49. The number of nitrogens with zero attached hydrogens (tertiary/aromatic N) is 1. The summed E-state index contributed by atoms with van der Waals surface area (Å²) in [7, 11) is 4.23. The number of likely N-dealkylation sites (N-methyl/N-ethyl adjacent to an activating group) is 2. The predicted octanol–water partition coefficient (Wildman–Crippen LogP) is 2.27. The van der Waals surface area contributed by atoms with Crippen LogP contribution in [0.15, 0.2) is 11.4 Å². The first-order valence-electron chi connectivity index (χ1n) is 5.06. The Hall–Kier alpha value is -0.380. The molecular formula is C11H20N2S. The first-order valence-corrected chi connectivity index (χ1v) is 5.94. The van der Waals surface area contributed by atoms with E-state index in [9.17, 15) is 0 Å². The van der Waals surface area contributed by atoms with Crippen LogP contribution in [0.4, 0.5) is 0 Å². The molecule has 1 N–H and O–H groups in total. The minimum Gasteiger partial charge on any atom is -0.309 e. The van der Waals surface area contributed by atoms with Crippen LogP contribution in [0.5, 0.6) is 0 Å². The number of hydrogen-bond acceptors (Lipinski definition) is 3. The van der Waals surface area contributed by atoms with E-state index in [1.807, 2.05) is 11.3 Å². The van der Waals surface area contributed by atoms with Crippen molar-refractivity contribution in [1.29, 1.82) is 0 Å². The maximum atomic E-state index is 3.51. The van der Waals surface area contributed by atoms with Crippen LogP contribution in [0.3, 0.4) is 0 Å². The fourth-order valence-corrected chi connectivity index (χ4v) is 2.30. The molecule has 1 unspecified atom stereocenters. The van der Waals surface area contributed by atoms with Crippen LogP contribution in [-0.2, 0) is 0 Å². The van der Waals surface area contributed by atoms with Gasteiger partial charge in [0.1, 0.15) is 0 Å². The van der Waals surface area contributed by atoms with Crippen molar-refractivity contribution in [2.45, 2.75) is 19.9 Å². The molecule has 3 heteroatoms. The molecule has 1 aromatic rings. The zero-order chi connectivity index (χ0) is 10.6. The summed E-state index contributed by atoms with van der Waals surface area (Å²) < 4.78 is 0. The second-order valence-corrected chi connectivity index (χ2v) is 4.98. The molecule has 1 atom stereocenters. The maximum Gasteiger partial charge on any atom is 0.0457 e. The summed E-state index contributed by atoms with van der Waals surface area (Å²) in [5.74, 6) is 0. The highest BCUT2D eigenvalue weighted by atomic mass is 32.1. The molecule has 0 saturated heterocycles. The Kier molecular flexibility index (Phi) is 4.58. The van der Waals surface area contributed by atoms with E-state index in [4.69, 9.17) is 0 Å². The Balaban J connectivity index is 2.66. The Morgan fingerprint density at radius 1 is 1.50 bits per heavy atom. The number of nitrogens with one attached hydrogen (secondary N) is 1. The van der Waals surface area contributed by atoms with Gasteiger partial charge < -0.3 is 10.2 Å². The Morgan fingerprint density at radius 2 is 2.21 bits per heavy atom. The van der Waals surface area contributed by atoms with Crippen molar-refractivity contribution in [2.75, 3.05) is 27.2 Å². The summed E-state index contributed by atoms with van der Waals surface area (Å²) in [5.41, 5.74) is 1.42. The van der Waals surface area contributed by atoms with Gasteiger partial charge in [0.25, 0.3) is 0 Å². The fraction of sp³-hybridized carbons (Fsp3) is 0.636. The van der Waals surface area contributed by atoms with Gasteiger partial charge in [-0.1, -0.05) is 6.92 Å². The van der Waals surface area contributed by atoms with Crippen molar-refractivity contribution in [2.24, 2.45) is 0 Å². The van der Waals surface area contributed by atoms with E-state index in [2.05, 4.69) is 49.6 Å². The van der Waals surface area contributed by atoms with Gasteiger partial charge in [-0.3, -0.25) is 0 Å². The van der Waals surface area contributed by atoms with E-state index in [1.54, 1.807) is 0 Å². The van der Waals surface area contributed by atoms with Gasteiger partial charge in [0.15, 0.2) is 0 Å². The predicted molar refractivity (Wildman–Crippen MR) is 64.0 cm³/mol. The van der Waals surface area contributed by atoms with Crippen molar-refractivity contribution < 1.29 is 0 Å². The maximum absolute atomic E-state index is 3.51. The molecule has 80 valence electrons. The third kappa shape index (κ3) is 3.40. The molecule has 0 bridgehead atoms. The second-order valence-electron chi connectivity index (χ2n) is 3.86. The summed E-state index contributed by atoms with van der Waals surface area (Å²) in [6.07, 6.45) is 0. The van der Waals surface area contributed by atoms with Gasteiger partial charge in [-0.2, -0.15) is 0 Å². The Morgan fingerprint density at radius 3 is 2.64 bits per heavy atom. The van der Waals surface area contributed by atoms with Crippen molar-refractivity contribution in [3.8, 4) is 0 Å². The lowest BCUT2D eigenvalue weighted by molar-refractivity contribution is 0.345. The summed E-state index contributed by atoms with van der Waals surface area (Å²) >= 11 is 1.83. The first kappa shape index (κ1) is 11.7. The molecule has 0 spiro atoms. The highest BCUT2D eigenvalue weighted by molar-refractivity contribution is 7.10. The first-order chi connectivity index (χ1) is 6.63. The molecule has 0 radical (unpaired) electrons. The zero-order valence-corrected chi connectivity index (χ0v) is 10.3. The van der Waals surface area contributed by atoms with Crippen LogP contribution in [0, 0.1) is 6.92 Å². The van der Waals surface area contributed by atoms with Crippen molar-refractivity contribution in [1.82, 2.24) is 10.2 Å². The highest BCUT2D eigenvalue weighted by Gasteiger charge is 2.11. The minimum atomic E-state index is 0.472. The van der Waals surface area contributed by atoms with Gasteiger partial charge in [0.05, 0.1) is 0 Å². The monoisotopic (exact) mass is 212 g/mol. The lowest BCUT2D eigenvalue weighted by atomic mass is 10.1. The number of thiophene rings is 1. The lowest BCUT2D eigenvalue weighted by Gasteiger charge is -2.20. The molecule has 0 fully saturated rings. The van der Waals surface area contributed by atoms with Crippen LogP contribution in [0.2, 0.25) is 0 Å². The van der Waals surface area contributed by atoms with E-state index in [0.717, 1.165) is 13.1 Å². The van der Waals surface area contributed by atoms with Crippen molar-refractivity contribution in [3.05, 3.63) is 21.9 Å². The van der Waals surface area contributed by atoms with E-state index in [0.29, 0.717) is 6.04 Å². The largest absolute Gasteiger partial charge is 0.309 e. The standard InChI is InChI=1S/C11H20N2S/c1-5-12-11(7-13(3)4)10-6-9(2)14-8-10/h6,8,11-12H,5,7H2,1-4H3. The number of hydrogen-bond donors (Lipinski definition) is 1. The number of rotatable bonds is 5. The third-order valence-corrected chi connectivity index (χ3v) is 3.03. The molecular weight excluding hydrogens is 192 g/mol. The minimum absolute atomic E-state index is 0.472. The summed E-state index contributed by atoms with van der Waals surface area (Å²) in [5, 5.41) is 5.76. The summed E-state index contributed by atoms with van der Waals surface area (Å²) in [6.45, 7) is 6.39.